The third-order valence-corrected chi connectivity index (χ3v) is 5.03. The molecule has 0 atom stereocenters. The van der Waals surface area contributed by atoms with E-state index in [-0.39, 0.29) is 30.4 Å². The normalized spacial score (nSPS) is 10.9. The lowest BCUT2D eigenvalue weighted by Crippen LogP contribution is -2.41. The van der Waals surface area contributed by atoms with Crippen LogP contribution in [-0.2, 0) is 24.2 Å². The highest BCUT2D eigenvalue weighted by atomic mass is 16.2. The van der Waals surface area contributed by atoms with Gasteiger partial charge in [-0.3, -0.25) is 19.1 Å². The summed E-state index contributed by atoms with van der Waals surface area (Å²) in [5.74, 6) is -0.191. The van der Waals surface area contributed by atoms with Crippen molar-refractivity contribution in [1.82, 2.24) is 9.55 Å². The Balaban J connectivity index is 2.27. The topological polar surface area (TPSA) is 101 Å². The molecule has 0 spiro atoms. The molecule has 0 aliphatic heterocycles. The zero-order chi connectivity index (χ0) is 21.4. The van der Waals surface area contributed by atoms with Gasteiger partial charge in [0, 0.05) is 13.1 Å². The number of amides is 1. The molecule has 158 valence electrons. The highest BCUT2D eigenvalue weighted by Crippen LogP contribution is 2.18. The molecule has 7 nitrogen and oxygen atoms in total. The Morgan fingerprint density at radius 2 is 1.66 bits per heavy atom. The van der Waals surface area contributed by atoms with E-state index in [1.165, 1.54) is 15.0 Å². The average molecular weight is 401 g/mol. The molecule has 1 amide bonds. The summed E-state index contributed by atoms with van der Waals surface area (Å²) < 4.78 is 1.33. The van der Waals surface area contributed by atoms with Gasteiger partial charge in [-0.15, -0.1) is 0 Å². The molecule has 0 radical (unpaired) electrons. The van der Waals surface area contributed by atoms with Crippen molar-refractivity contribution in [2.45, 2.75) is 65.8 Å². The Morgan fingerprint density at radius 3 is 2.24 bits per heavy atom. The summed E-state index contributed by atoms with van der Waals surface area (Å²) in [7, 11) is 0. The van der Waals surface area contributed by atoms with Crippen molar-refractivity contribution in [1.29, 1.82) is 0 Å². The average Bonchev–Trinajstić information content (AvgIpc) is 2.70. The molecule has 0 unspecified atom stereocenters. The van der Waals surface area contributed by atoms with E-state index in [9.17, 15) is 14.4 Å². The number of rotatable bonds is 10. The van der Waals surface area contributed by atoms with Crippen molar-refractivity contribution in [3.63, 3.8) is 0 Å². The number of benzene rings is 1. The highest BCUT2D eigenvalue weighted by Gasteiger charge is 2.23. The lowest BCUT2D eigenvalue weighted by Gasteiger charge is -2.23. The number of unbranched alkanes of at least 4 members (excludes halogenated alkanes) is 2. The van der Waals surface area contributed by atoms with Crippen LogP contribution in [0.25, 0.3) is 0 Å². The summed E-state index contributed by atoms with van der Waals surface area (Å²) in [4.78, 5) is 41.2. The van der Waals surface area contributed by atoms with Crippen molar-refractivity contribution in [2.24, 2.45) is 0 Å². The van der Waals surface area contributed by atoms with Crippen LogP contribution in [0.15, 0.2) is 33.9 Å². The summed E-state index contributed by atoms with van der Waals surface area (Å²) in [6.45, 7) is 6.63. The molecule has 1 aromatic heterocycles. The van der Waals surface area contributed by atoms with Gasteiger partial charge >= 0.3 is 5.69 Å². The van der Waals surface area contributed by atoms with Crippen LogP contribution in [0.3, 0.4) is 0 Å². The molecule has 0 saturated carbocycles. The number of nitrogens with two attached hydrogens (primary N) is 1. The number of nitrogens with zero attached hydrogens (tertiary/aromatic N) is 2. The second-order valence-corrected chi connectivity index (χ2v) is 7.23. The number of hydrogen-bond acceptors (Lipinski definition) is 4. The second kappa shape index (κ2) is 10.6. The first-order valence-corrected chi connectivity index (χ1v) is 10.4. The molecule has 2 aromatic rings. The van der Waals surface area contributed by atoms with Crippen LogP contribution in [0.5, 0.6) is 0 Å². The Hall–Kier alpha value is -2.83. The minimum absolute atomic E-state index is 0.0392. The largest absolute Gasteiger partial charge is 0.383 e. The molecule has 1 heterocycles. The number of nitrogens with one attached hydrogen (secondary N) is 1. The molecule has 0 saturated heterocycles. The van der Waals surface area contributed by atoms with E-state index in [0.717, 1.165) is 37.7 Å². The van der Waals surface area contributed by atoms with Crippen molar-refractivity contribution in [3.8, 4) is 0 Å². The van der Waals surface area contributed by atoms with Gasteiger partial charge in [0.2, 0.25) is 5.91 Å². The fraction of sp³-hybridized carbons (Fsp3) is 0.500. The third kappa shape index (κ3) is 5.59. The van der Waals surface area contributed by atoms with Crippen LogP contribution in [-0.4, -0.2) is 22.0 Å². The zero-order valence-corrected chi connectivity index (χ0v) is 17.7. The van der Waals surface area contributed by atoms with E-state index in [1.54, 1.807) is 6.92 Å². The molecule has 0 aliphatic carbocycles. The van der Waals surface area contributed by atoms with Crippen molar-refractivity contribution >= 4 is 17.4 Å². The maximum atomic E-state index is 12.9. The molecule has 2 rings (SSSR count). The predicted molar refractivity (Wildman–Crippen MR) is 117 cm³/mol. The number of aromatic amines is 1. The summed E-state index contributed by atoms with van der Waals surface area (Å²) in [5.41, 5.74) is 7.15. The zero-order valence-electron chi connectivity index (χ0n) is 17.7. The Kier molecular flexibility index (Phi) is 8.24. The van der Waals surface area contributed by atoms with Crippen LogP contribution in [0.2, 0.25) is 0 Å². The number of nitrogen functional groups attached to an aromatic ring is 1. The van der Waals surface area contributed by atoms with Gasteiger partial charge in [-0.25, -0.2) is 4.79 Å². The van der Waals surface area contributed by atoms with E-state index in [2.05, 4.69) is 11.9 Å². The molecule has 29 heavy (non-hydrogen) atoms. The lowest BCUT2D eigenvalue weighted by atomic mass is 10.0. The number of aromatic nitrogens is 2. The number of H-pyrrole nitrogens is 1. The lowest BCUT2D eigenvalue weighted by molar-refractivity contribution is -0.117. The van der Waals surface area contributed by atoms with Crippen molar-refractivity contribution in [3.05, 3.63) is 56.2 Å². The van der Waals surface area contributed by atoms with E-state index in [1.807, 2.05) is 31.2 Å². The number of hydrogen-bond donors (Lipinski definition) is 2. The van der Waals surface area contributed by atoms with Gasteiger partial charge < -0.3 is 10.6 Å². The molecule has 1 aromatic carbocycles. The highest BCUT2D eigenvalue weighted by molar-refractivity contribution is 5.96. The smallest absolute Gasteiger partial charge is 0.330 e. The van der Waals surface area contributed by atoms with Gasteiger partial charge in [-0.2, -0.15) is 0 Å². The van der Waals surface area contributed by atoms with Crippen molar-refractivity contribution in [2.75, 3.05) is 17.2 Å². The fourth-order valence-corrected chi connectivity index (χ4v) is 3.31. The van der Waals surface area contributed by atoms with Gasteiger partial charge in [-0.1, -0.05) is 51.0 Å². The summed E-state index contributed by atoms with van der Waals surface area (Å²) >= 11 is 0. The van der Waals surface area contributed by atoms with E-state index in [4.69, 9.17) is 5.73 Å². The number of aryl methyl sites for hydroxylation is 1. The summed E-state index contributed by atoms with van der Waals surface area (Å²) in [6.07, 6.45) is 5.09. The second-order valence-electron chi connectivity index (χ2n) is 7.23. The summed E-state index contributed by atoms with van der Waals surface area (Å²) in [5, 5.41) is 0. The van der Waals surface area contributed by atoms with Gasteiger partial charge in [0.1, 0.15) is 5.82 Å². The number of anilines is 2. The third-order valence-electron chi connectivity index (χ3n) is 5.03. The Labute approximate surface area is 171 Å². The van der Waals surface area contributed by atoms with E-state index >= 15 is 0 Å². The maximum absolute atomic E-state index is 12.9. The fourth-order valence-electron chi connectivity index (χ4n) is 3.31. The standard InChI is InChI=1S/C22H32N4O3/c1-4-7-9-16-10-12-17(13-11-16)15-18(27)25(6-3)19-20(23)26(14-8-5-2)22(29)24-21(19)28/h10-13H,4-9,14-15,23H2,1-3H3,(H,24,28,29). The predicted octanol–water partition coefficient (Wildman–Crippen LogP) is 2.86. The maximum Gasteiger partial charge on any atom is 0.330 e. The first kappa shape index (κ1) is 22.5. The van der Waals surface area contributed by atoms with Crippen LogP contribution in [0, 0.1) is 0 Å². The minimum Gasteiger partial charge on any atom is -0.383 e. The molecule has 0 fully saturated rings. The molecule has 0 aliphatic rings. The molecule has 3 N–H and O–H groups in total. The Morgan fingerprint density at radius 1 is 1.03 bits per heavy atom. The first-order chi connectivity index (χ1) is 13.9. The quantitative estimate of drug-likeness (QED) is 0.640. The van der Waals surface area contributed by atoms with Crippen LogP contribution < -0.4 is 21.9 Å². The van der Waals surface area contributed by atoms with Gasteiger partial charge in [0.05, 0.1) is 6.42 Å². The number of likely N-dealkylation sites (N-methyl/N-ethyl adjacent to an activating group) is 1. The monoisotopic (exact) mass is 400 g/mol. The van der Waals surface area contributed by atoms with Crippen LogP contribution in [0.1, 0.15) is 57.6 Å². The molecular weight excluding hydrogens is 368 g/mol. The van der Waals surface area contributed by atoms with Crippen LogP contribution in [0.4, 0.5) is 11.5 Å². The minimum atomic E-state index is -0.634. The van der Waals surface area contributed by atoms with E-state index < -0.39 is 11.2 Å². The first-order valence-electron chi connectivity index (χ1n) is 10.4. The molecule has 7 heteroatoms. The van der Waals surface area contributed by atoms with Gasteiger partial charge in [0.15, 0.2) is 5.69 Å². The number of carbonyl (C=O) groups excluding carboxylic acids is 1. The molecular formula is C22H32N4O3. The van der Waals surface area contributed by atoms with Gasteiger partial charge in [-0.05, 0) is 37.3 Å². The SMILES string of the molecule is CCCCc1ccc(CC(=O)N(CC)c2c(N)n(CCCC)c(=O)[nH]c2=O)cc1. The summed E-state index contributed by atoms with van der Waals surface area (Å²) in [6, 6.07) is 7.99. The van der Waals surface area contributed by atoms with Gasteiger partial charge in [0.25, 0.3) is 5.56 Å². The number of carbonyl (C=O) groups is 1. The van der Waals surface area contributed by atoms with Crippen molar-refractivity contribution < 1.29 is 4.79 Å². The Bertz CT molecular complexity index is 929. The molecule has 0 bridgehead atoms. The van der Waals surface area contributed by atoms with Crippen LogP contribution >= 0.6 is 0 Å². The van der Waals surface area contributed by atoms with E-state index in [0.29, 0.717) is 6.54 Å².